The minimum Gasteiger partial charge on any atom is -0.302 e. The predicted octanol–water partition coefficient (Wildman–Crippen LogP) is 5.33. The molecule has 0 aliphatic carbocycles. The molecule has 1 amide bonds. The molecular formula is C25H23N5OS2. The molecule has 4 aromatic rings. The van der Waals surface area contributed by atoms with Gasteiger partial charge in [0.05, 0.1) is 17.5 Å². The largest absolute Gasteiger partial charge is 0.302 e. The fourth-order valence-electron chi connectivity index (χ4n) is 4.01. The molecule has 0 bridgehead atoms. The van der Waals surface area contributed by atoms with Crippen LogP contribution in [0.3, 0.4) is 0 Å². The van der Waals surface area contributed by atoms with E-state index in [0.29, 0.717) is 0 Å². The summed E-state index contributed by atoms with van der Waals surface area (Å²) in [6.07, 6.45) is 3.49. The molecule has 2 aromatic carbocycles. The van der Waals surface area contributed by atoms with E-state index in [0.717, 1.165) is 45.0 Å². The molecule has 0 spiro atoms. The first kappa shape index (κ1) is 21.7. The zero-order valence-electron chi connectivity index (χ0n) is 18.2. The van der Waals surface area contributed by atoms with Gasteiger partial charge in [0, 0.05) is 35.2 Å². The Balaban J connectivity index is 1.41. The van der Waals surface area contributed by atoms with Gasteiger partial charge in [-0.15, -0.1) is 22.0 Å². The summed E-state index contributed by atoms with van der Waals surface area (Å²) in [6.45, 7) is 2.78. The number of rotatable bonds is 6. The summed E-state index contributed by atoms with van der Waals surface area (Å²) in [7, 11) is 0. The third-order valence-corrected chi connectivity index (χ3v) is 7.67. The number of aromatic nitrogens is 4. The smallest absolute Gasteiger partial charge is 0.238 e. The summed E-state index contributed by atoms with van der Waals surface area (Å²) in [6, 6.07) is 22.2. The predicted molar refractivity (Wildman–Crippen MR) is 133 cm³/mol. The number of para-hydroxylation sites is 1. The van der Waals surface area contributed by atoms with E-state index in [9.17, 15) is 4.79 Å². The molecule has 0 unspecified atom stereocenters. The van der Waals surface area contributed by atoms with Gasteiger partial charge >= 0.3 is 0 Å². The molecule has 8 heteroatoms. The Bertz CT molecular complexity index is 1250. The molecule has 0 saturated carbocycles. The van der Waals surface area contributed by atoms with Crippen molar-refractivity contribution in [1.82, 2.24) is 19.7 Å². The molecule has 33 heavy (non-hydrogen) atoms. The second-order valence-electron chi connectivity index (χ2n) is 7.54. The van der Waals surface area contributed by atoms with Crippen LogP contribution in [0, 0.1) is 0 Å². The number of carbonyl (C=O) groups is 1. The molecule has 6 nitrogen and oxygen atoms in total. The summed E-state index contributed by atoms with van der Waals surface area (Å²) in [5.41, 5.74) is 3.08. The van der Waals surface area contributed by atoms with Gasteiger partial charge in [-0.2, -0.15) is 0 Å². The molecule has 166 valence electrons. The number of nitrogens with zero attached hydrogens (tertiary/aromatic N) is 5. The maximum absolute atomic E-state index is 13.6. The van der Waals surface area contributed by atoms with Gasteiger partial charge in [0.1, 0.15) is 0 Å². The highest BCUT2D eigenvalue weighted by Gasteiger charge is 2.32. The fourth-order valence-corrected chi connectivity index (χ4v) is 6.04. The van der Waals surface area contributed by atoms with Gasteiger partial charge in [-0.25, -0.2) is 0 Å². The van der Waals surface area contributed by atoms with Gasteiger partial charge in [0.25, 0.3) is 0 Å². The lowest BCUT2D eigenvalue weighted by molar-refractivity contribution is -0.116. The van der Waals surface area contributed by atoms with Crippen LogP contribution in [0.1, 0.15) is 18.5 Å². The van der Waals surface area contributed by atoms with Crippen molar-refractivity contribution in [2.24, 2.45) is 0 Å². The Hall–Kier alpha value is -3.10. The van der Waals surface area contributed by atoms with E-state index >= 15 is 0 Å². The topological polar surface area (TPSA) is 63.9 Å². The van der Waals surface area contributed by atoms with Crippen molar-refractivity contribution in [1.29, 1.82) is 0 Å². The minimum atomic E-state index is -0.00405. The van der Waals surface area contributed by atoms with E-state index in [1.165, 1.54) is 11.8 Å². The standard InChI is InChI=1S/C25H23N5OS2/c1-2-29-24(19-12-14-26-15-13-19)27-28-25(29)33-17-23(31)30-20-10-6-7-11-22(20)32-16-21(30)18-8-4-3-5-9-18/h3-15,21H,2,16-17H2,1H3/t21-/m0/s1. The normalized spacial score (nSPS) is 15.3. The number of hydrogen-bond acceptors (Lipinski definition) is 6. The second-order valence-corrected chi connectivity index (χ2v) is 9.55. The van der Waals surface area contributed by atoms with Crippen LogP contribution in [0.25, 0.3) is 11.4 Å². The molecule has 1 aliphatic heterocycles. The first-order valence-electron chi connectivity index (χ1n) is 10.8. The van der Waals surface area contributed by atoms with Gasteiger partial charge in [0.2, 0.25) is 5.91 Å². The van der Waals surface area contributed by atoms with Gasteiger partial charge < -0.3 is 9.47 Å². The highest BCUT2D eigenvalue weighted by Crippen LogP contribution is 2.43. The fraction of sp³-hybridized carbons (Fsp3) is 0.200. The van der Waals surface area contributed by atoms with E-state index in [2.05, 4.69) is 40.3 Å². The van der Waals surface area contributed by atoms with Crippen LogP contribution < -0.4 is 4.90 Å². The summed E-state index contributed by atoms with van der Waals surface area (Å²) >= 11 is 3.24. The van der Waals surface area contributed by atoms with Crippen molar-refractivity contribution in [3.8, 4) is 11.4 Å². The average molecular weight is 474 g/mol. The molecule has 0 radical (unpaired) electrons. The first-order chi connectivity index (χ1) is 16.3. The third kappa shape index (κ3) is 4.41. The lowest BCUT2D eigenvalue weighted by atomic mass is 10.1. The van der Waals surface area contributed by atoms with E-state index in [-0.39, 0.29) is 17.7 Å². The Morgan fingerprint density at radius 1 is 1.03 bits per heavy atom. The monoisotopic (exact) mass is 473 g/mol. The molecule has 0 N–H and O–H groups in total. The van der Waals surface area contributed by atoms with Crippen LogP contribution >= 0.6 is 23.5 Å². The van der Waals surface area contributed by atoms with Gasteiger partial charge in [0.15, 0.2) is 11.0 Å². The van der Waals surface area contributed by atoms with E-state index in [1.54, 1.807) is 24.2 Å². The van der Waals surface area contributed by atoms with Crippen molar-refractivity contribution in [2.45, 2.75) is 29.6 Å². The number of hydrogen-bond donors (Lipinski definition) is 0. The Morgan fingerprint density at radius 2 is 1.79 bits per heavy atom. The average Bonchev–Trinajstić information content (AvgIpc) is 3.30. The maximum Gasteiger partial charge on any atom is 0.238 e. The van der Waals surface area contributed by atoms with Crippen LogP contribution in [0.5, 0.6) is 0 Å². The van der Waals surface area contributed by atoms with Crippen LogP contribution in [-0.2, 0) is 11.3 Å². The molecular weight excluding hydrogens is 450 g/mol. The molecule has 2 aromatic heterocycles. The molecule has 0 fully saturated rings. The summed E-state index contributed by atoms with van der Waals surface area (Å²) in [5.74, 6) is 1.97. The number of thioether (sulfide) groups is 2. The van der Waals surface area contributed by atoms with Crippen molar-refractivity contribution in [3.63, 3.8) is 0 Å². The number of carbonyl (C=O) groups excluding carboxylic acids is 1. The number of amides is 1. The third-order valence-electron chi connectivity index (χ3n) is 5.58. The summed E-state index contributed by atoms with van der Waals surface area (Å²) in [5, 5.41) is 9.51. The van der Waals surface area contributed by atoms with Gasteiger partial charge in [-0.05, 0) is 36.8 Å². The highest BCUT2D eigenvalue weighted by molar-refractivity contribution is 8.00. The van der Waals surface area contributed by atoms with Gasteiger partial charge in [-0.1, -0.05) is 54.2 Å². The lowest BCUT2D eigenvalue weighted by Gasteiger charge is -2.37. The molecule has 5 rings (SSSR count). The summed E-state index contributed by atoms with van der Waals surface area (Å²) in [4.78, 5) is 20.8. The number of fused-ring (bicyclic) bond motifs is 1. The molecule has 3 heterocycles. The van der Waals surface area contributed by atoms with Crippen LogP contribution in [-0.4, -0.2) is 37.2 Å². The van der Waals surface area contributed by atoms with Crippen molar-refractivity contribution in [3.05, 3.63) is 84.7 Å². The number of benzene rings is 2. The number of pyridine rings is 1. The number of anilines is 1. The second kappa shape index (κ2) is 9.80. The molecule has 1 atom stereocenters. The zero-order valence-corrected chi connectivity index (χ0v) is 19.8. The van der Waals surface area contributed by atoms with Crippen LogP contribution in [0.4, 0.5) is 5.69 Å². The molecule has 1 aliphatic rings. The van der Waals surface area contributed by atoms with Crippen molar-refractivity contribution >= 4 is 35.1 Å². The van der Waals surface area contributed by atoms with E-state index < -0.39 is 0 Å². The van der Waals surface area contributed by atoms with Crippen molar-refractivity contribution in [2.75, 3.05) is 16.4 Å². The van der Waals surface area contributed by atoms with Crippen LogP contribution in [0.2, 0.25) is 0 Å². The zero-order chi connectivity index (χ0) is 22.6. The first-order valence-corrected chi connectivity index (χ1v) is 12.8. The Labute approximate surface area is 201 Å². The quantitative estimate of drug-likeness (QED) is 0.353. The van der Waals surface area contributed by atoms with Gasteiger partial charge in [-0.3, -0.25) is 9.78 Å². The van der Waals surface area contributed by atoms with E-state index in [4.69, 9.17) is 0 Å². The highest BCUT2D eigenvalue weighted by atomic mass is 32.2. The van der Waals surface area contributed by atoms with Crippen LogP contribution in [0.15, 0.2) is 89.2 Å². The lowest BCUT2D eigenvalue weighted by Crippen LogP contribution is -2.39. The van der Waals surface area contributed by atoms with Crippen molar-refractivity contribution < 1.29 is 4.79 Å². The van der Waals surface area contributed by atoms with E-state index in [1.807, 2.05) is 58.0 Å². The Morgan fingerprint density at radius 3 is 2.58 bits per heavy atom. The molecule has 0 saturated heterocycles. The SMILES string of the molecule is CCn1c(SCC(=O)N2c3ccccc3SC[C@H]2c2ccccc2)nnc1-c1ccncc1. The Kier molecular flexibility index (Phi) is 6.46. The summed E-state index contributed by atoms with van der Waals surface area (Å²) < 4.78 is 2.04. The minimum absolute atomic E-state index is 0.00405. The maximum atomic E-state index is 13.6.